The molecular weight excluding hydrogens is 459 g/mol. The predicted octanol–water partition coefficient (Wildman–Crippen LogP) is 2.78. The van der Waals surface area contributed by atoms with Crippen LogP contribution >= 0.6 is 0 Å². The summed E-state index contributed by atoms with van der Waals surface area (Å²) in [6.45, 7) is 4.29. The molecule has 34 heavy (non-hydrogen) atoms. The number of aromatic nitrogens is 1. The van der Waals surface area contributed by atoms with Crippen molar-refractivity contribution in [1.82, 2.24) is 4.57 Å². The second-order valence-electron chi connectivity index (χ2n) is 10.6. The van der Waals surface area contributed by atoms with E-state index in [1.807, 2.05) is 18.4 Å². The molecule has 0 bridgehead atoms. The van der Waals surface area contributed by atoms with Crippen molar-refractivity contribution in [2.45, 2.75) is 76.1 Å². The molecule has 1 saturated carbocycles. The fourth-order valence-electron chi connectivity index (χ4n) is 5.75. The van der Waals surface area contributed by atoms with Gasteiger partial charge in [-0.15, -0.1) is 0 Å². The Balaban J connectivity index is 1.67. The van der Waals surface area contributed by atoms with Crippen LogP contribution < -0.4 is 16.8 Å². The third-order valence-electron chi connectivity index (χ3n) is 7.16. The normalized spacial score (nSPS) is 24.9. The number of carbonyl (C=O) groups is 1. The lowest BCUT2D eigenvalue weighted by molar-refractivity contribution is 0.0997. The lowest BCUT2D eigenvalue weighted by atomic mass is 9.89. The van der Waals surface area contributed by atoms with E-state index < -0.39 is 27.0 Å². The number of primary amides is 1. The van der Waals surface area contributed by atoms with Crippen LogP contribution in [0.1, 0.15) is 66.8 Å². The Labute approximate surface area is 198 Å². The van der Waals surface area contributed by atoms with E-state index in [0.717, 1.165) is 25.7 Å². The maximum atomic E-state index is 15.3. The Kier molecular flexibility index (Phi) is 5.53. The molecule has 1 aromatic heterocycles. The summed E-state index contributed by atoms with van der Waals surface area (Å²) in [6.07, 6.45) is 3.82. The monoisotopic (exact) mass is 490 g/mol. The van der Waals surface area contributed by atoms with Crippen LogP contribution in [0.3, 0.4) is 0 Å². The van der Waals surface area contributed by atoms with Crippen molar-refractivity contribution in [3.63, 3.8) is 0 Å². The topological polar surface area (TPSA) is 129 Å². The molecule has 1 fully saturated rings. The first-order chi connectivity index (χ1) is 16.0. The summed E-state index contributed by atoms with van der Waals surface area (Å²) in [6, 6.07) is 3.15. The summed E-state index contributed by atoms with van der Waals surface area (Å²) < 4.78 is 49.2. The molecule has 3 heterocycles. The van der Waals surface area contributed by atoms with Crippen molar-refractivity contribution < 1.29 is 22.3 Å². The number of carbonyl (C=O) groups excluding carboxylic acids is 1. The lowest BCUT2D eigenvalue weighted by Gasteiger charge is -2.31. The van der Waals surface area contributed by atoms with E-state index >= 15 is 4.39 Å². The summed E-state index contributed by atoms with van der Waals surface area (Å²) in [4.78, 5) is 12.5. The summed E-state index contributed by atoms with van der Waals surface area (Å²) >= 11 is 0. The molecule has 2 aliphatic heterocycles. The number of hydrogen-bond acceptors (Lipinski definition) is 6. The Morgan fingerprint density at radius 2 is 1.88 bits per heavy atom. The lowest BCUT2D eigenvalue weighted by Crippen LogP contribution is -2.34. The van der Waals surface area contributed by atoms with Crippen LogP contribution in [-0.4, -0.2) is 36.7 Å². The number of nitrogens with two attached hydrogens (primary N) is 2. The minimum atomic E-state index is -3.53. The molecule has 1 aromatic carbocycles. The van der Waals surface area contributed by atoms with E-state index in [0.29, 0.717) is 39.6 Å². The molecule has 2 aromatic rings. The summed E-state index contributed by atoms with van der Waals surface area (Å²) in [5, 5.41) is 3.32. The maximum Gasteiger partial charge on any atom is 0.253 e. The molecule has 10 heteroatoms. The number of hydrogen-bond donors (Lipinski definition) is 3. The number of rotatable bonds is 4. The van der Waals surface area contributed by atoms with Crippen molar-refractivity contribution in [1.29, 1.82) is 0 Å². The zero-order chi connectivity index (χ0) is 24.4. The zero-order valence-corrected chi connectivity index (χ0v) is 20.3. The Morgan fingerprint density at radius 3 is 2.56 bits per heavy atom. The number of benzene rings is 1. The molecule has 1 aliphatic carbocycles. The number of anilines is 1. The fraction of sp³-hybridized carbons (Fsp3) is 0.542. The number of amides is 1. The second kappa shape index (κ2) is 8.07. The molecule has 1 amide bonds. The van der Waals surface area contributed by atoms with Gasteiger partial charge in [0.15, 0.2) is 9.84 Å². The fourth-order valence-corrected chi connectivity index (χ4v) is 8.10. The highest BCUT2D eigenvalue weighted by molar-refractivity contribution is 7.91. The molecule has 8 nitrogen and oxygen atoms in total. The van der Waals surface area contributed by atoms with Gasteiger partial charge in [-0.25, -0.2) is 12.8 Å². The van der Waals surface area contributed by atoms with Gasteiger partial charge in [-0.05, 0) is 49.7 Å². The van der Waals surface area contributed by atoms with Gasteiger partial charge in [-0.2, -0.15) is 0 Å². The van der Waals surface area contributed by atoms with Crippen molar-refractivity contribution in [3.8, 4) is 5.69 Å². The van der Waals surface area contributed by atoms with Gasteiger partial charge in [-0.1, -0.05) is 13.8 Å². The number of fused-ring (bicyclic) bond motifs is 3. The van der Waals surface area contributed by atoms with E-state index in [9.17, 15) is 13.2 Å². The molecule has 0 radical (unpaired) electrons. The molecule has 0 unspecified atom stereocenters. The summed E-state index contributed by atoms with van der Waals surface area (Å²) in [5.74, 6) is -1.55. The highest BCUT2D eigenvalue weighted by Gasteiger charge is 2.43. The predicted molar refractivity (Wildman–Crippen MR) is 126 cm³/mol. The minimum absolute atomic E-state index is 0.0412. The van der Waals surface area contributed by atoms with Gasteiger partial charge in [0.05, 0.1) is 46.5 Å². The van der Waals surface area contributed by atoms with E-state index in [4.69, 9.17) is 16.2 Å². The molecule has 5 N–H and O–H groups in total. The quantitative estimate of drug-likeness (QED) is 0.604. The van der Waals surface area contributed by atoms with Crippen molar-refractivity contribution in [2.75, 3.05) is 11.1 Å². The first-order valence-electron chi connectivity index (χ1n) is 11.7. The average molecular weight is 491 g/mol. The Hall–Kier alpha value is -2.43. The van der Waals surface area contributed by atoms with Crippen LogP contribution in [0.5, 0.6) is 0 Å². The van der Waals surface area contributed by atoms with Gasteiger partial charge in [0.2, 0.25) is 0 Å². The van der Waals surface area contributed by atoms with Gasteiger partial charge in [-0.3, -0.25) is 4.79 Å². The molecule has 3 aliphatic rings. The van der Waals surface area contributed by atoms with Crippen molar-refractivity contribution in [3.05, 3.63) is 40.5 Å². The Morgan fingerprint density at radius 1 is 1.18 bits per heavy atom. The van der Waals surface area contributed by atoms with Gasteiger partial charge < -0.3 is 26.1 Å². The Bertz CT molecular complexity index is 1280. The van der Waals surface area contributed by atoms with E-state index in [2.05, 4.69) is 5.32 Å². The number of halogens is 1. The van der Waals surface area contributed by atoms with Crippen LogP contribution in [0, 0.1) is 11.2 Å². The average Bonchev–Trinajstić information content (AvgIpc) is 3.27. The second-order valence-corrected chi connectivity index (χ2v) is 12.5. The van der Waals surface area contributed by atoms with E-state index in [-0.39, 0.29) is 36.6 Å². The SMILES string of the molecule is CC1(C)Cc2c(c3c(n2-c2cc(F)c(C(N)=O)c(N[C@H]4CC[C@H](N)CC4)c2)COC3)S(=O)(=O)C1. The number of sulfone groups is 1. The minimum Gasteiger partial charge on any atom is -0.382 e. The van der Waals surface area contributed by atoms with Crippen LogP contribution in [-0.2, 0) is 34.2 Å². The van der Waals surface area contributed by atoms with E-state index in [1.54, 1.807) is 6.07 Å². The number of nitrogens with zero attached hydrogens (tertiary/aromatic N) is 1. The van der Waals surface area contributed by atoms with Crippen LogP contribution in [0.15, 0.2) is 17.0 Å². The third kappa shape index (κ3) is 3.91. The largest absolute Gasteiger partial charge is 0.382 e. The highest BCUT2D eigenvalue weighted by Crippen LogP contribution is 2.44. The van der Waals surface area contributed by atoms with Crippen LogP contribution in [0.25, 0.3) is 5.69 Å². The number of nitrogens with one attached hydrogen (secondary N) is 1. The molecule has 0 spiro atoms. The van der Waals surface area contributed by atoms with Gasteiger partial charge in [0.1, 0.15) is 5.82 Å². The molecular formula is C24H31FN4O4S. The van der Waals surface area contributed by atoms with Crippen LogP contribution in [0.2, 0.25) is 0 Å². The van der Waals surface area contributed by atoms with E-state index in [1.165, 1.54) is 6.07 Å². The van der Waals surface area contributed by atoms with Crippen molar-refractivity contribution >= 4 is 21.4 Å². The first-order valence-corrected chi connectivity index (χ1v) is 13.3. The summed E-state index contributed by atoms with van der Waals surface area (Å²) in [5.41, 5.74) is 13.7. The summed E-state index contributed by atoms with van der Waals surface area (Å²) in [7, 11) is -3.53. The van der Waals surface area contributed by atoms with Crippen molar-refractivity contribution in [2.24, 2.45) is 16.9 Å². The van der Waals surface area contributed by atoms with Gasteiger partial charge in [0, 0.05) is 23.3 Å². The number of ether oxygens (including phenoxy) is 1. The molecule has 0 saturated heterocycles. The zero-order valence-electron chi connectivity index (χ0n) is 19.5. The smallest absolute Gasteiger partial charge is 0.253 e. The molecule has 0 atom stereocenters. The standard InChI is InChI=1S/C24H31FN4O4S/c1-24(2)9-19-22(34(31,32)12-24)16-10-33-11-20(16)29(19)15-7-17(25)21(23(27)30)18(8-15)28-14-5-3-13(26)4-6-14/h7-8,13-14,28H,3-6,9-12,26H2,1-2H3,(H2,27,30)/t13-,14-. The highest BCUT2D eigenvalue weighted by atomic mass is 32.2. The maximum absolute atomic E-state index is 15.3. The molecule has 184 valence electrons. The van der Waals surface area contributed by atoms with Gasteiger partial charge >= 0.3 is 0 Å². The van der Waals surface area contributed by atoms with Gasteiger partial charge in [0.25, 0.3) is 5.91 Å². The van der Waals surface area contributed by atoms with Crippen LogP contribution in [0.4, 0.5) is 10.1 Å². The third-order valence-corrected chi connectivity index (χ3v) is 9.42. The first kappa shape index (κ1) is 23.3. The molecule has 5 rings (SSSR count).